The van der Waals surface area contributed by atoms with Gasteiger partial charge in [0.25, 0.3) is 0 Å². The van der Waals surface area contributed by atoms with E-state index in [2.05, 4.69) is 32.5 Å². The predicted octanol–water partition coefficient (Wildman–Crippen LogP) is 0.723. The molecule has 6 nitrogen and oxygen atoms in total. The van der Waals surface area contributed by atoms with Gasteiger partial charge in [-0.1, -0.05) is 0 Å². The molecule has 0 spiro atoms. The molecule has 0 aliphatic carbocycles. The van der Waals surface area contributed by atoms with Gasteiger partial charge >= 0.3 is 0 Å². The van der Waals surface area contributed by atoms with Gasteiger partial charge in [0, 0.05) is 39.4 Å². The van der Waals surface area contributed by atoms with Crippen LogP contribution in [0.2, 0.25) is 0 Å². The Morgan fingerprint density at radius 2 is 2.42 bits per heavy atom. The predicted molar refractivity (Wildman–Crippen MR) is 76.7 cm³/mol. The van der Waals surface area contributed by atoms with Crippen LogP contribution < -0.4 is 15.5 Å². The molecular weight excluding hydrogens is 242 g/mol. The fraction of sp³-hybridized carbons (Fsp3) is 0.692. The Labute approximate surface area is 114 Å². The van der Waals surface area contributed by atoms with Gasteiger partial charge in [0.2, 0.25) is 0 Å². The molecule has 106 valence electrons. The molecular formula is C13H23N5O. The van der Waals surface area contributed by atoms with Crippen LogP contribution in [0, 0.1) is 0 Å². The molecule has 1 saturated heterocycles. The Kier molecular flexibility index (Phi) is 5.35. The van der Waals surface area contributed by atoms with E-state index in [0.29, 0.717) is 12.6 Å². The lowest BCUT2D eigenvalue weighted by atomic mass is 10.2. The molecule has 1 aliphatic rings. The van der Waals surface area contributed by atoms with Crippen molar-refractivity contribution in [3.8, 4) is 0 Å². The molecule has 19 heavy (non-hydrogen) atoms. The van der Waals surface area contributed by atoms with E-state index in [9.17, 15) is 0 Å². The molecule has 1 fully saturated rings. The van der Waals surface area contributed by atoms with Crippen molar-refractivity contribution < 1.29 is 4.74 Å². The maximum Gasteiger partial charge on any atom is 0.133 e. The summed E-state index contributed by atoms with van der Waals surface area (Å²) in [5.41, 5.74) is 0. The van der Waals surface area contributed by atoms with Gasteiger partial charge in [-0.05, 0) is 19.4 Å². The van der Waals surface area contributed by atoms with Gasteiger partial charge in [0.15, 0.2) is 0 Å². The fourth-order valence-electron chi connectivity index (χ4n) is 2.27. The molecule has 2 heterocycles. The van der Waals surface area contributed by atoms with Crippen LogP contribution in [0.1, 0.15) is 12.8 Å². The summed E-state index contributed by atoms with van der Waals surface area (Å²) in [6, 6.07) is 2.55. The van der Waals surface area contributed by atoms with Gasteiger partial charge in [-0.3, -0.25) is 0 Å². The number of nitrogens with zero attached hydrogens (tertiary/aromatic N) is 3. The van der Waals surface area contributed by atoms with Gasteiger partial charge in [-0.25, -0.2) is 9.97 Å². The van der Waals surface area contributed by atoms with E-state index in [1.54, 1.807) is 13.4 Å². The molecule has 1 aromatic rings. The van der Waals surface area contributed by atoms with E-state index in [1.165, 1.54) is 12.8 Å². The molecule has 0 amide bonds. The maximum absolute atomic E-state index is 5.01. The van der Waals surface area contributed by atoms with Crippen LogP contribution in [0.5, 0.6) is 0 Å². The minimum Gasteiger partial charge on any atom is -0.383 e. The van der Waals surface area contributed by atoms with Crippen LogP contribution >= 0.6 is 0 Å². The maximum atomic E-state index is 5.01. The number of anilines is 2. The molecule has 1 atom stereocenters. The van der Waals surface area contributed by atoms with E-state index in [4.69, 9.17) is 4.74 Å². The summed E-state index contributed by atoms with van der Waals surface area (Å²) in [7, 11) is 3.76. The summed E-state index contributed by atoms with van der Waals surface area (Å²) in [5.74, 6) is 1.79. The first-order chi connectivity index (χ1) is 9.29. The van der Waals surface area contributed by atoms with Crippen LogP contribution in [-0.2, 0) is 4.74 Å². The second kappa shape index (κ2) is 7.25. The average Bonchev–Trinajstić information content (AvgIpc) is 2.92. The summed E-state index contributed by atoms with van der Waals surface area (Å²) < 4.78 is 5.01. The molecule has 1 aliphatic heterocycles. The number of ether oxygens (including phenoxy) is 1. The summed E-state index contributed by atoms with van der Waals surface area (Å²) in [5, 5.41) is 6.71. The lowest BCUT2D eigenvalue weighted by Crippen LogP contribution is -2.35. The lowest BCUT2D eigenvalue weighted by molar-refractivity contribution is 0.210. The third-order valence-electron chi connectivity index (χ3n) is 3.31. The van der Waals surface area contributed by atoms with Gasteiger partial charge < -0.3 is 20.3 Å². The third kappa shape index (κ3) is 4.33. The van der Waals surface area contributed by atoms with Crippen molar-refractivity contribution in [2.24, 2.45) is 0 Å². The highest BCUT2D eigenvalue weighted by molar-refractivity contribution is 5.48. The molecule has 0 radical (unpaired) electrons. The normalized spacial score (nSPS) is 18.5. The Bertz CT molecular complexity index is 381. The minimum absolute atomic E-state index is 0.574. The average molecular weight is 265 g/mol. The van der Waals surface area contributed by atoms with Gasteiger partial charge in [-0.2, -0.15) is 0 Å². The molecule has 0 aromatic carbocycles. The highest BCUT2D eigenvalue weighted by Crippen LogP contribution is 2.14. The van der Waals surface area contributed by atoms with Gasteiger partial charge in [-0.15, -0.1) is 0 Å². The van der Waals surface area contributed by atoms with Crippen molar-refractivity contribution in [2.45, 2.75) is 18.9 Å². The Balaban J connectivity index is 1.89. The molecule has 0 bridgehead atoms. The molecule has 1 aromatic heterocycles. The van der Waals surface area contributed by atoms with Crippen molar-refractivity contribution in [1.29, 1.82) is 0 Å². The first-order valence-electron chi connectivity index (χ1n) is 6.79. The Morgan fingerprint density at radius 3 is 3.16 bits per heavy atom. The summed E-state index contributed by atoms with van der Waals surface area (Å²) in [6.45, 7) is 3.53. The molecule has 1 unspecified atom stereocenters. The zero-order chi connectivity index (χ0) is 13.5. The lowest BCUT2D eigenvalue weighted by Gasteiger charge is -2.22. The monoisotopic (exact) mass is 265 g/mol. The van der Waals surface area contributed by atoms with Gasteiger partial charge in [0.1, 0.15) is 18.0 Å². The Morgan fingerprint density at radius 1 is 1.53 bits per heavy atom. The smallest absolute Gasteiger partial charge is 0.133 e. The van der Waals surface area contributed by atoms with Crippen molar-refractivity contribution in [2.75, 3.05) is 50.6 Å². The highest BCUT2D eigenvalue weighted by Gasteiger charge is 2.16. The number of likely N-dealkylation sites (N-methyl/N-ethyl adjacent to an activating group) is 1. The topological polar surface area (TPSA) is 62.3 Å². The summed E-state index contributed by atoms with van der Waals surface area (Å²) >= 11 is 0. The second-order valence-electron chi connectivity index (χ2n) is 4.85. The zero-order valence-electron chi connectivity index (χ0n) is 11.7. The van der Waals surface area contributed by atoms with E-state index in [0.717, 1.165) is 31.3 Å². The number of nitrogens with one attached hydrogen (secondary N) is 2. The first kappa shape index (κ1) is 14.0. The molecule has 2 N–H and O–H groups in total. The zero-order valence-corrected chi connectivity index (χ0v) is 11.7. The van der Waals surface area contributed by atoms with Crippen molar-refractivity contribution in [3.63, 3.8) is 0 Å². The van der Waals surface area contributed by atoms with Crippen LogP contribution in [-0.4, -0.2) is 56.4 Å². The van der Waals surface area contributed by atoms with E-state index < -0.39 is 0 Å². The van der Waals surface area contributed by atoms with Crippen LogP contribution in [0.25, 0.3) is 0 Å². The number of methoxy groups -OCH3 is 1. The number of hydrogen-bond donors (Lipinski definition) is 2. The van der Waals surface area contributed by atoms with Crippen LogP contribution in [0.4, 0.5) is 11.6 Å². The SMILES string of the molecule is COCCNc1cc(N(C)CC2CCCN2)ncn1. The fourth-order valence-corrected chi connectivity index (χ4v) is 2.27. The molecule has 0 saturated carbocycles. The summed E-state index contributed by atoms with van der Waals surface area (Å²) in [6.07, 6.45) is 4.11. The van der Waals surface area contributed by atoms with Crippen LogP contribution in [0.15, 0.2) is 12.4 Å². The van der Waals surface area contributed by atoms with E-state index >= 15 is 0 Å². The number of hydrogen-bond acceptors (Lipinski definition) is 6. The second-order valence-corrected chi connectivity index (χ2v) is 4.85. The molecule has 6 heteroatoms. The van der Waals surface area contributed by atoms with Crippen molar-refractivity contribution >= 4 is 11.6 Å². The van der Waals surface area contributed by atoms with Crippen molar-refractivity contribution in [1.82, 2.24) is 15.3 Å². The Hall–Kier alpha value is -1.40. The largest absolute Gasteiger partial charge is 0.383 e. The van der Waals surface area contributed by atoms with Crippen molar-refractivity contribution in [3.05, 3.63) is 12.4 Å². The standard InChI is InChI=1S/C13H23N5O/c1-18(9-11-4-3-5-14-11)13-8-12(16-10-17-13)15-6-7-19-2/h8,10-11,14H,3-7,9H2,1-2H3,(H,15,16,17). The highest BCUT2D eigenvalue weighted by atomic mass is 16.5. The van der Waals surface area contributed by atoms with Gasteiger partial charge in [0.05, 0.1) is 6.61 Å². The molecule has 2 rings (SSSR count). The number of aromatic nitrogens is 2. The quantitative estimate of drug-likeness (QED) is 0.709. The van der Waals surface area contributed by atoms with Crippen LogP contribution in [0.3, 0.4) is 0 Å². The minimum atomic E-state index is 0.574. The summed E-state index contributed by atoms with van der Waals surface area (Å²) in [4.78, 5) is 10.7. The number of rotatable bonds is 7. The third-order valence-corrected chi connectivity index (χ3v) is 3.31. The first-order valence-corrected chi connectivity index (χ1v) is 6.79. The van der Waals surface area contributed by atoms with E-state index in [-0.39, 0.29) is 0 Å². The van der Waals surface area contributed by atoms with E-state index in [1.807, 2.05) is 6.07 Å².